The van der Waals surface area contributed by atoms with Crippen LogP contribution < -0.4 is 10.1 Å². The highest BCUT2D eigenvalue weighted by atomic mass is 32.2. The molecule has 0 fully saturated rings. The van der Waals surface area contributed by atoms with E-state index in [4.69, 9.17) is 4.74 Å². The lowest BCUT2D eigenvalue weighted by atomic mass is 9.95. The Morgan fingerprint density at radius 3 is 2.29 bits per heavy atom. The zero-order chi connectivity index (χ0) is 24.3. The van der Waals surface area contributed by atoms with Gasteiger partial charge in [-0.1, -0.05) is 54.1 Å². The first kappa shape index (κ1) is 24.0. The Morgan fingerprint density at radius 1 is 1.00 bits per heavy atom. The van der Waals surface area contributed by atoms with Crippen LogP contribution in [0.4, 0.5) is 0 Å². The third-order valence-corrected chi connectivity index (χ3v) is 7.77. The first-order valence-electron chi connectivity index (χ1n) is 11.4. The van der Waals surface area contributed by atoms with E-state index in [0.717, 1.165) is 28.0 Å². The fourth-order valence-corrected chi connectivity index (χ4v) is 5.65. The van der Waals surface area contributed by atoms with Gasteiger partial charge in [0.15, 0.2) is 0 Å². The molecule has 1 aliphatic heterocycles. The summed E-state index contributed by atoms with van der Waals surface area (Å²) in [4.78, 5) is 13.5. The molecule has 0 saturated heterocycles. The molecule has 1 amide bonds. The Labute approximate surface area is 201 Å². The van der Waals surface area contributed by atoms with Crippen molar-refractivity contribution in [1.82, 2.24) is 9.62 Å². The molecule has 0 radical (unpaired) electrons. The van der Waals surface area contributed by atoms with Crippen molar-refractivity contribution in [3.05, 3.63) is 95.1 Å². The Balaban J connectivity index is 1.55. The van der Waals surface area contributed by atoms with Gasteiger partial charge < -0.3 is 10.1 Å². The number of carbonyl (C=O) groups is 1. The van der Waals surface area contributed by atoms with Gasteiger partial charge in [0.1, 0.15) is 11.8 Å². The number of hydrogen-bond donors (Lipinski definition) is 1. The minimum absolute atomic E-state index is 0.0844. The van der Waals surface area contributed by atoms with Gasteiger partial charge in [-0.15, -0.1) is 0 Å². The van der Waals surface area contributed by atoms with Crippen LogP contribution in [0.25, 0.3) is 0 Å². The first-order valence-corrected chi connectivity index (χ1v) is 12.9. The van der Waals surface area contributed by atoms with E-state index < -0.39 is 16.1 Å². The molecule has 1 N–H and O–H groups in total. The predicted octanol–water partition coefficient (Wildman–Crippen LogP) is 4.21. The summed E-state index contributed by atoms with van der Waals surface area (Å²) in [5.74, 6) is 0.456. The lowest BCUT2D eigenvalue weighted by Gasteiger charge is -2.35. The maximum atomic E-state index is 13.6. The normalized spacial score (nSPS) is 16.2. The molecule has 0 spiro atoms. The van der Waals surface area contributed by atoms with Gasteiger partial charge in [0.05, 0.1) is 11.0 Å². The minimum Gasteiger partial charge on any atom is -0.491 e. The Kier molecular flexibility index (Phi) is 7.05. The monoisotopic (exact) mass is 478 g/mol. The molecule has 7 heteroatoms. The molecule has 3 aromatic rings. The Morgan fingerprint density at radius 2 is 1.65 bits per heavy atom. The van der Waals surface area contributed by atoms with Gasteiger partial charge in [-0.05, 0) is 68.1 Å². The molecule has 1 atom stereocenters. The van der Waals surface area contributed by atoms with Crippen LogP contribution in [-0.2, 0) is 34.3 Å². The van der Waals surface area contributed by atoms with Crippen molar-refractivity contribution in [3.63, 3.8) is 0 Å². The number of nitrogens with zero attached hydrogens (tertiary/aromatic N) is 1. The molecule has 6 nitrogen and oxygen atoms in total. The van der Waals surface area contributed by atoms with Crippen molar-refractivity contribution in [3.8, 4) is 5.75 Å². The molecule has 4 rings (SSSR count). The molecule has 0 saturated carbocycles. The molecule has 178 valence electrons. The number of amides is 1. The number of sulfonamides is 1. The smallest absolute Gasteiger partial charge is 0.244 e. The van der Waals surface area contributed by atoms with Gasteiger partial charge in [-0.3, -0.25) is 4.79 Å². The maximum absolute atomic E-state index is 13.6. The van der Waals surface area contributed by atoms with Crippen LogP contribution in [0.2, 0.25) is 0 Å². The lowest BCUT2D eigenvalue weighted by Crippen LogP contribution is -2.52. The third kappa shape index (κ3) is 5.32. The maximum Gasteiger partial charge on any atom is 0.244 e. The molecule has 3 aromatic carbocycles. The Bertz CT molecular complexity index is 1250. The van der Waals surface area contributed by atoms with E-state index in [1.54, 1.807) is 24.3 Å². The Hall–Kier alpha value is -3.16. The summed E-state index contributed by atoms with van der Waals surface area (Å²) < 4.78 is 34.1. The summed E-state index contributed by atoms with van der Waals surface area (Å²) in [6, 6.07) is 21.1. The molecule has 0 aliphatic carbocycles. The molecule has 0 aromatic heterocycles. The van der Waals surface area contributed by atoms with Gasteiger partial charge in [0, 0.05) is 13.1 Å². The van der Waals surface area contributed by atoms with E-state index in [0.29, 0.717) is 13.0 Å². The zero-order valence-corrected chi connectivity index (χ0v) is 20.5. The summed E-state index contributed by atoms with van der Waals surface area (Å²) in [5, 5.41) is 2.94. The number of nitrogens with one attached hydrogen (secondary N) is 1. The fourth-order valence-electron chi connectivity index (χ4n) is 4.09. The summed E-state index contributed by atoms with van der Waals surface area (Å²) in [6.45, 7) is 6.30. The van der Waals surface area contributed by atoms with E-state index in [1.165, 1.54) is 4.31 Å². The highest BCUT2D eigenvalue weighted by molar-refractivity contribution is 7.89. The van der Waals surface area contributed by atoms with E-state index >= 15 is 0 Å². The largest absolute Gasteiger partial charge is 0.491 e. The average molecular weight is 479 g/mol. The summed E-state index contributed by atoms with van der Waals surface area (Å²) >= 11 is 0. The van der Waals surface area contributed by atoms with Crippen molar-refractivity contribution >= 4 is 15.9 Å². The number of aryl methyl sites for hydroxylation is 1. The van der Waals surface area contributed by atoms with Crippen LogP contribution in [0.1, 0.15) is 36.1 Å². The van der Waals surface area contributed by atoms with Crippen molar-refractivity contribution < 1.29 is 17.9 Å². The van der Waals surface area contributed by atoms with Crippen molar-refractivity contribution in [2.45, 2.75) is 57.3 Å². The second-order valence-electron chi connectivity index (χ2n) is 8.88. The average Bonchev–Trinajstić information content (AvgIpc) is 2.82. The molecule has 1 unspecified atom stereocenters. The zero-order valence-electron chi connectivity index (χ0n) is 19.7. The predicted molar refractivity (Wildman–Crippen MR) is 132 cm³/mol. The molecular formula is C27H30N2O4S. The third-order valence-electron chi connectivity index (χ3n) is 5.90. The number of hydrogen-bond acceptors (Lipinski definition) is 4. The van der Waals surface area contributed by atoms with Gasteiger partial charge >= 0.3 is 0 Å². The van der Waals surface area contributed by atoms with Crippen molar-refractivity contribution in [2.75, 3.05) is 0 Å². The number of fused-ring (bicyclic) bond motifs is 1. The number of carbonyl (C=O) groups excluding carboxylic acids is 1. The molecule has 1 aliphatic rings. The van der Waals surface area contributed by atoms with Crippen LogP contribution in [0.3, 0.4) is 0 Å². The fraction of sp³-hybridized carbons (Fsp3) is 0.296. The van der Waals surface area contributed by atoms with Crippen LogP contribution in [0.15, 0.2) is 77.7 Å². The van der Waals surface area contributed by atoms with Crippen LogP contribution >= 0.6 is 0 Å². The van der Waals surface area contributed by atoms with E-state index in [1.807, 2.05) is 69.3 Å². The van der Waals surface area contributed by atoms with E-state index in [9.17, 15) is 13.2 Å². The first-order chi connectivity index (χ1) is 16.2. The van der Waals surface area contributed by atoms with Crippen LogP contribution in [0, 0.1) is 6.92 Å². The second kappa shape index (κ2) is 9.99. The number of benzene rings is 3. The quantitative estimate of drug-likeness (QED) is 0.552. The van der Waals surface area contributed by atoms with Gasteiger partial charge in [0.25, 0.3) is 0 Å². The van der Waals surface area contributed by atoms with Crippen molar-refractivity contribution in [1.29, 1.82) is 0 Å². The van der Waals surface area contributed by atoms with Crippen molar-refractivity contribution in [2.24, 2.45) is 0 Å². The molecule has 0 bridgehead atoms. The molecule has 34 heavy (non-hydrogen) atoms. The summed E-state index contributed by atoms with van der Waals surface area (Å²) in [5.41, 5.74) is 3.80. The molecule has 1 heterocycles. The van der Waals surface area contributed by atoms with Gasteiger partial charge in [-0.2, -0.15) is 4.31 Å². The standard InChI is InChI=1S/C27H30N2O4S/c1-19(2)33-24-12-10-21(11-13-24)17-28-27(30)26-16-22-6-4-5-7-23(22)18-29(26)34(31,32)25-14-8-20(3)9-15-25/h4-15,19,26H,16-18H2,1-3H3,(H,28,30). The van der Waals surface area contributed by atoms with Crippen LogP contribution in [-0.4, -0.2) is 30.8 Å². The second-order valence-corrected chi connectivity index (χ2v) is 10.8. The van der Waals surface area contributed by atoms with Crippen LogP contribution in [0.5, 0.6) is 5.75 Å². The topological polar surface area (TPSA) is 75.7 Å². The lowest BCUT2D eigenvalue weighted by molar-refractivity contribution is -0.125. The highest BCUT2D eigenvalue weighted by Crippen LogP contribution is 2.29. The summed E-state index contributed by atoms with van der Waals surface area (Å²) in [6.07, 6.45) is 0.412. The number of ether oxygens (including phenoxy) is 1. The number of rotatable bonds is 7. The minimum atomic E-state index is -3.86. The van der Waals surface area contributed by atoms with E-state index in [-0.39, 0.29) is 23.5 Å². The molecular weight excluding hydrogens is 448 g/mol. The van der Waals surface area contributed by atoms with E-state index in [2.05, 4.69) is 5.32 Å². The highest BCUT2D eigenvalue weighted by Gasteiger charge is 2.39. The van der Waals surface area contributed by atoms with Gasteiger partial charge in [0.2, 0.25) is 15.9 Å². The van der Waals surface area contributed by atoms with Gasteiger partial charge in [-0.25, -0.2) is 8.42 Å². The summed E-state index contributed by atoms with van der Waals surface area (Å²) in [7, 11) is -3.86. The SMILES string of the molecule is Cc1ccc(S(=O)(=O)N2Cc3ccccc3CC2C(=O)NCc2ccc(OC(C)C)cc2)cc1.